The molecule has 3 rings (SSSR count). The lowest BCUT2D eigenvalue weighted by atomic mass is 10.1. The smallest absolute Gasteiger partial charge is 0.238 e. The van der Waals surface area contributed by atoms with Crippen LogP contribution in [-0.2, 0) is 22.4 Å². The fraction of sp³-hybridized carbons (Fsp3) is 0.524. The van der Waals surface area contributed by atoms with Gasteiger partial charge in [-0.1, -0.05) is 30.3 Å². The van der Waals surface area contributed by atoms with Gasteiger partial charge in [-0.25, -0.2) is 0 Å². The van der Waals surface area contributed by atoms with Crippen LogP contribution in [-0.4, -0.2) is 64.5 Å². The van der Waals surface area contributed by atoms with Crippen molar-refractivity contribution in [2.45, 2.75) is 39.5 Å². The highest BCUT2D eigenvalue weighted by Crippen LogP contribution is 2.15. The normalized spacial score (nSPS) is 14.8. The summed E-state index contributed by atoms with van der Waals surface area (Å²) in [6, 6.07) is 7.87. The Hall–Kier alpha value is -2.74. The monoisotopic (exact) mass is 399 g/mol. The summed E-state index contributed by atoms with van der Waals surface area (Å²) in [5.41, 5.74) is 2.01. The van der Waals surface area contributed by atoms with Crippen LogP contribution in [0.1, 0.15) is 37.0 Å². The fourth-order valence-corrected chi connectivity index (χ4v) is 3.49. The van der Waals surface area contributed by atoms with Crippen LogP contribution in [0.5, 0.6) is 0 Å². The molecule has 2 heterocycles. The summed E-state index contributed by atoms with van der Waals surface area (Å²) in [6.07, 6.45) is 2.66. The third-order valence-corrected chi connectivity index (χ3v) is 5.12. The molecule has 0 atom stereocenters. The average molecular weight is 399 g/mol. The number of piperazine rings is 1. The van der Waals surface area contributed by atoms with Gasteiger partial charge in [0, 0.05) is 44.7 Å². The predicted octanol–water partition coefficient (Wildman–Crippen LogP) is 2.05. The molecule has 29 heavy (non-hydrogen) atoms. The molecule has 1 aliphatic rings. The Kier molecular flexibility index (Phi) is 7.35. The zero-order chi connectivity index (χ0) is 20.6. The first-order valence-corrected chi connectivity index (χ1v) is 10.2. The van der Waals surface area contributed by atoms with E-state index in [0.29, 0.717) is 63.7 Å². The molecule has 0 unspecified atom stereocenters. The maximum absolute atomic E-state index is 12.4. The highest BCUT2D eigenvalue weighted by atomic mass is 16.5. The molecule has 0 bridgehead atoms. The van der Waals surface area contributed by atoms with Gasteiger partial charge in [-0.15, -0.1) is 0 Å². The maximum atomic E-state index is 12.4. The van der Waals surface area contributed by atoms with Crippen LogP contribution in [0.15, 0.2) is 28.8 Å². The lowest BCUT2D eigenvalue weighted by molar-refractivity contribution is -0.133. The van der Waals surface area contributed by atoms with Crippen molar-refractivity contribution in [1.82, 2.24) is 19.9 Å². The maximum Gasteiger partial charge on any atom is 0.238 e. The van der Waals surface area contributed by atoms with Gasteiger partial charge in [0.15, 0.2) is 5.82 Å². The second kappa shape index (κ2) is 10.2. The molecule has 1 saturated heterocycles. The van der Waals surface area contributed by atoms with Gasteiger partial charge in [0.1, 0.15) is 0 Å². The molecule has 1 aromatic carbocycles. The summed E-state index contributed by atoms with van der Waals surface area (Å²) in [5.74, 6) is 1.32. The first-order valence-electron chi connectivity index (χ1n) is 10.2. The Morgan fingerprint density at radius 1 is 1.17 bits per heavy atom. The topological polar surface area (TPSA) is 91.6 Å². The van der Waals surface area contributed by atoms with Crippen LogP contribution < -0.4 is 5.32 Å². The predicted molar refractivity (Wildman–Crippen MR) is 109 cm³/mol. The molecule has 1 aliphatic heterocycles. The van der Waals surface area contributed by atoms with Gasteiger partial charge in [0.2, 0.25) is 17.7 Å². The Morgan fingerprint density at radius 2 is 1.93 bits per heavy atom. The molecule has 156 valence electrons. The molecule has 8 heteroatoms. The number of aromatic nitrogens is 2. The van der Waals surface area contributed by atoms with Crippen LogP contribution in [0.4, 0.5) is 5.69 Å². The van der Waals surface area contributed by atoms with E-state index in [-0.39, 0.29) is 11.8 Å². The second-order valence-electron chi connectivity index (χ2n) is 7.30. The van der Waals surface area contributed by atoms with E-state index < -0.39 is 0 Å². The molecule has 8 nitrogen and oxygen atoms in total. The third-order valence-electron chi connectivity index (χ3n) is 5.12. The van der Waals surface area contributed by atoms with E-state index in [1.807, 2.05) is 29.2 Å². The Balaban J connectivity index is 1.37. The molecule has 0 aliphatic carbocycles. The molecule has 0 spiro atoms. The summed E-state index contributed by atoms with van der Waals surface area (Å²) >= 11 is 0. The van der Waals surface area contributed by atoms with Gasteiger partial charge in [0.25, 0.3) is 0 Å². The molecule has 2 amide bonds. The van der Waals surface area contributed by atoms with Crippen molar-refractivity contribution < 1.29 is 14.1 Å². The number of rotatable bonds is 8. The highest BCUT2D eigenvalue weighted by Gasteiger charge is 2.22. The molecule has 1 fully saturated rings. The minimum Gasteiger partial charge on any atom is -0.340 e. The molecular formula is C21H29N5O3. The van der Waals surface area contributed by atoms with E-state index in [2.05, 4.69) is 27.3 Å². The van der Waals surface area contributed by atoms with E-state index in [0.717, 1.165) is 17.7 Å². The minimum atomic E-state index is -0.0134. The Bertz CT molecular complexity index is 827. The van der Waals surface area contributed by atoms with Crippen molar-refractivity contribution in [2.24, 2.45) is 0 Å². The third kappa shape index (κ3) is 6.12. The van der Waals surface area contributed by atoms with Gasteiger partial charge >= 0.3 is 0 Å². The molecule has 1 aromatic heterocycles. The lowest BCUT2D eigenvalue weighted by Gasteiger charge is -2.34. The number of nitrogens with one attached hydrogen (secondary N) is 1. The molecule has 2 aromatic rings. The lowest BCUT2D eigenvalue weighted by Crippen LogP contribution is -2.50. The standard InChI is InChI=1S/C21H29N5O3/c1-3-17-7-4-5-8-18(17)23-19(27)15-25-11-13-26(14-12-25)21(28)10-6-9-20-22-16(2)24-29-20/h4-5,7-8H,3,6,9-15H2,1-2H3,(H,23,27). The highest BCUT2D eigenvalue weighted by molar-refractivity contribution is 5.93. The Labute approximate surface area is 171 Å². The summed E-state index contributed by atoms with van der Waals surface area (Å²) < 4.78 is 5.07. The summed E-state index contributed by atoms with van der Waals surface area (Å²) in [5, 5.41) is 6.76. The summed E-state index contributed by atoms with van der Waals surface area (Å²) in [7, 11) is 0. The number of para-hydroxylation sites is 1. The number of carbonyl (C=O) groups is 2. The number of nitrogens with zero attached hydrogens (tertiary/aromatic N) is 4. The van der Waals surface area contributed by atoms with Crippen LogP contribution in [0.25, 0.3) is 0 Å². The molecule has 1 N–H and O–H groups in total. The van der Waals surface area contributed by atoms with Gasteiger partial charge in [0.05, 0.1) is 6.54 Å². The van der Waals surface area contributed by atoms with Gasteiger partial charge in [-0.3, -0.25) is 14.5 Å². The van der Waals surface area contributed by atoms with Crippen LogP contribution >= 0.6 is 0 Å². The first kappa shape index (κ1) is 21.0. The van der Waals surface area contributed by atoms with Crippen molar-refractivity contribution >= 4 is 17.5 Å². The minimum absolute atomic E-state index is 0.0134. The van der Waals surface area contributed by atoms with Crippen molar-refractivity contribution in [1.29, 1.82) is 0 Å². The number of amides is 2. The zero-order valence-corrected chi connectivity index (χ0v) is 17.2. The summed E-state index contributed by atoms with van der Waals surface area (Å²) in [6.45, 7) is 6.91. The van der Waals surface area contributed by atoms with Crippen LogP contribution in [0.3, 0.4) is 0 Å². The quantitative estimate of drug-likeness (QED) is 0.730. The number of benzene rings is 1. The van der Waals surface area contributed by atoms with E-state index in [1.54, 1.807) is 6.92 Å². The number of aryl methyl sites for hydroxylation is 3. The van der Waals surface area contributed by atoms with Crippen molar-refractivity contribution in [2.75, 3.05) is 38.0 Å². The van der Waals surface area contributed by atoms with Crippen molar-refractivity contribution in [3.63, 3.8) is 0 Å². The number of hydrogen-bond donors (Lipinski definition) is 1. The van der Waals surface area contributed by atoms with Gasteiger partial charge in [-0.2, -0.15) is 4.98 Å². The number of anilines is 1. The van der Waals surface area contributed by atoms with Crippen LogP contribution in [0, 0.1) is 6.92 Å². The van der Waals surface area contributed by atoms with E-state index >= 15 is 0 Å². The second-order valence-corrected chi connectivity index (χ2v) is 7.30. The van der Waals surface area contributed by atoms with Crippen LogP contribution in [0.2, 0.25) is 0 Å². The average Bonchev–Trinajstić information content (AvgIpc) is 3.14. The van der Waals surface area contributed by atoms with Crippen molar-refractivity contribution in [3.05, 3.63) is 41.5 Å². The van der Waals surface area contributed by atoms with Gasteiger partial charge < -0.3 is 14.7 Å². The SMILES string of the molecule is CCc1ccccc1NC(=O)CN1CCN(C(=O)CCCc2nc(C)no2)CC1. The fourth-order valence-electron chi connectivity index (χ4n) is 3.49. The summed E-state index contributed by atoms with van der Waals surface area (Å²) in [4.78, 5) is 32.9. The number of carbonyl (C=O) groups excluding carboxylic acids is 2. The number of hydrogen-bond acceptors (Lipinski definition) is 6. The van der Waals surface area contributed by atoms with Gasteiger partial charge in [-0.05, 0) is 31.4 Å². The zero-order valence-electron chi connectivity index (χ0n) is 17.2. The Morgan fingerprint density at radius 3 is 2.62 bits per heavy atom. The molecule has 0 radical (unpaired) electrons. The first-order chi connectivity index (χ1) is 14.0. The van der Waals surface area contributed by atoms with E-state index in [1.165, 1.54) is 0 Å². The molecular weight excluding hydrogens is 370 g/mol. The largest absolute Gasteiger partial charge is 0.340 e. The van der Waals surface area contributed by atoms with E-state index in [9.17, 15) is 9.59 Å². The van der Waals surface area contributed by atoms with Crippen molar-refractivity contribution in [3.8, 4) is 0 Å². The molecule has 0 saturated carbocycles. The van der Waals surface area contributed by atoms with E-state index in [4.69, 9.17) is 4.52 Å².